The lowest BCUT2D eigenvalue weighted by atomic mass is 9.83. The Balaban J connectivity index is 1.64. The number of ether oxygens (including phenoxy) is 1. The van der Waals surface area contributed by atoms with Gasteiger partial charge in [-0.2, -0.15) is 0 Å². The van der Waals surface area contributed by atoms with Gasteiger partial charge in [-0.3, -0.25) is 4.79 Å². The van der Waals surface area contributed by atoms with Crippen LogP contribution in [0.25, 0.3) is 0 Å². The Morgan fingerprint density at radius 2 is 2.00 bits per heavy atom. The minimum absolute atomic E-state index is 0.0780. The van der Waals surface area contributed by atoms with Crippen LogP contribution in [0.2, 0.25) is 0 Å². The zero-order valence-corrected chi connectivity index (χ0v) is 9.52. The van der Waals surface area contributed by atoms with E-state index in [1.165, 1.54) is 19.3 Å². The molecule has 0 radical (unpaired) electrons. The topological polar surface area (TPSA) is 26.3 Å². The molecule has 1 saturated carbocycles. The molecule has 2 nitrogen and oxygen atoms in total. The monoisotopic (exact) mass is 218 g/mol. The van der Waals surface area contributed by atoms with Gasteiger partial charge in [0.25, 0.3) is 0 Å². The van der Waals surface area contributed by atoms with E-state index in [0.29, 0.717) is 0 Å². The van der Waals surface area contributed by atoms with Crippen LogP contribution < -0.4 is 0 Å². The van der Waals surface area contributed by atoms with Crippen molar-refractivity contribution in [2.75, 3.05) is 13.2 Å². The van der Waals surface area contributed by atoms with Crippen molar-refractivity contribution in [1.29, 1.82) is 0 Å². The molecule has 2 rings (SSSR count). The van der Waals surface area contributed by atoms with Crippen molar-refractivity contribution in [3.63, 3.8) is 0 Å². The van der Waals surface area contributed by atoms with Gasteiger partial charge in [-0.05, 0) is 12.3 Å². The smallest absolute Gasteiger partial charge is 0.188 e. The van der Waals surface area contributed by atoms with E-state index in [4.69, 9.17) is 4.74 Å². The summed E-state index contributed by atoms with van der Waals surface area (Å²) in [6.45, 7) is 0.944. The third kappa shape index (κ3) is 3.17. The molecule has 0 heterocycles. The molecule has 1 aliphatic carbocycles. The molecular weight excluding hydrogens is 200 g/mol. The fourth-order valence-corrected chi connectivity index (χ4v) is 1.90. The summed E-state index contributed by atoms with van der Waals surface area (Å²) < 4.78 is 5.41. The average Bonchev–Trinajstić information content (AvgIpc) is 2.27. The molecule has 1 fully saturated rings. The van der Waals surface area contributed by atoms with Crippen LogP contribution in [-0.2, 0) is 4.74 Å². The van der Waals surface area contributed by atoms with Crippen molar-refractivity contribution in [2.45, 2.75) is 25.7 Å². The first-order valence-electron chi connectivity index (χ1n) is 6.02. The van der Waals surface area contributed by atoms with E-state index >= 15 is 0 Å². The van der Waals surface area contributed by atoms with Gasteiger partial charge in [0.2, 0.25) is 0 Å². The Morgan fingerprint density at radius 1 is 1.25 bits per heavy atom. The van der Waals surface area contributed by atoms with E-state index in [1.54, 1.807) is 0 Å². The lowest BCUT2D eigenvalue weighted by molar-refractivity contribution is 0.0705. The molecule has 1 aromatic carbocycles. The van der Waals surface area contributed by atoms with Crippen LogP contribution in [0.4, 0.5) is 0 Å². The van der Waals surface area contributed by atoms with E-state index in [2.05, 4.69) is 0 Å². The average molecular weight is 218 g/mol. The molecule has 0 N–H and O–H groups in total. The zero-order valence-electron chi connectivity index (χ0n) is 9.52. The fourth-order valence-electron chi connectivity index (χ4n) is 1.90. The molecule has 0 spiro atoms. The number of Topliss-reactive ketones (excluding diaryl/α,β-unsaturated/α-hetero) is 1. The molecule has 0 saturated heterocycles. The maximum atomic E-state index is 11.6. The number of carbonyl (C=O) groups is 1. The van der Waals surface area contributed by atoms with Gasteiger partial charge < -0.3 is 4.74 Å². The summed E-state index contributed by atoms with van der Waals surface area (Å²) in [7, 11) is 0. The van der Waals surface area contributed by atoms with Crippen LogP contribution in [0.15, 0.2) is 30.3 Å². The second kappa shape index (κ2) is 5.80. The highest BCUT2D eigenvalue weighted by Gasteiger charge is 2.16. The van der Waals surface area contributed by atoms with E-state index in [9.17, 15) is 4.79 Å². The highest BCUT2D eigenvalue weighted by Crippen LogP contribution is 2.29. The van der Waals surface area contributed by atoms with Gasteiger partial charge in [0.15, 0.2) is 5.78 Å². The molecule has 16 heavy (non-hydrogen) atoms. The number of hydrogen-bond donors (Lipinski definition) is 0. The summed E-state index contributed by atoms with van der Waals surface area (Å²) in [6, 6.07) is 9.33. The third-order valence-electron chi connectivity index (χ3n) is 3.22. The lowest BCUT2D eigenvalue weighted by Gasteiger charge is -2.24. The number of benzene rings is 1. The number of ketones is 1. The number of hydrogen-bond acceptors (Lipinski definition) is 2. The zero-order chi connectivity index (χ0) is 11.2. The number of rotatable bonds is 6. The van der Waals surface area contributed by atoms with Gasteiger partial charge in [0, 0.05) is 12.2 Å². The maximum Gasteiger partial charge on any atom is 0.188 e. The van der Waals surface area contributed by atoms with E-state index in [-0.39, 0.29) is 12.4 Å². The van der Waals surface area contributed by atoms with Crippen LogP contribution >= 0.6 is 0 Å². The van der Waals surface area contributed by atoms with Crippen molar-refractivity contribution >= 4 is 5.78 Å². The molecule has 1 aliphatic rings. The predicted octanol–water partition coefficient (Wildman–Crippen LogP) is 3.08. The minimum atomic E-state index is 0.0780. The molecule has 0 atom stereocenters. The quantitative estimate of drug-likeness (QED) is 0.542. The van der Waals surface area contributed by atoms with E-state index < -0.39 is 0 Å². The van der Waals surface area contributed by atoms with E-state index in [1.807, 2.05) is 30.3 Å². The van der Waals surface area contributed by atoms with Gasteiger partial charge in [-0.25, -0.2) is 0 Å². The Labute approximate surface area is 96.6 Å². The van der Waals surface area contributed by atoms with Crippen LogP contribution in [0.1, 0.15) is 36.0 Å². The molecule has 0 aliphatic heterocycles. The highest BCUT2D eigenvalue weighted by atomic mass is 16.5. The van der Waals surface area contributed by atoms with Crippen LogP contribution in [0.3, 0.4) is 0 Å². The van der Waals surface area contributed by atoms with Crippen molar-refractivity contribution in [2.24, 2.45) is 5.92 Å². The van der Waals surface area contributed by atoms with Crippen LogP contribution in [0.5, 0.6) is 0 Å². The first kappa shape index (κ1) is 11.3. The van der Waals surface area contributed by atoms with Gasteiger partial charge in [0.05, 0.1) is 0 Å². The Hall–Kier alpha value is -1.15. The molecule has 0 amide bonds. The Kier molecular flexibility index (Phi) is 4.11. The molecule has 2 heteroatoms. The second-order valence-corrected chi connectivity index (χ2v) is 4.43. The normalized spacial score (nSPS) is 15.8. The van der Waals surface area contributed by atoms with Gasteiger partial charge in [-0.15, -0.1) is 0 Å². The second-order valence-electron chi connectivity index (χ2n) is 4.43. The van der Waals surface area contributed by atoms with Gasteiger partial charge in [0.1, 0.15) is 6.61 Å². The first-order chi connectivity index (χ1) is 7.86. The summed E-state index contributed by atoms with van der Waals surface area (Å²) in [5.74, 6) is 0.932. The van der Waals surface area contributed by atoms with Crippen molar-refractivity contribution in [3.05, 3.63) is 35.9 Å². The van der Waals surface area contributed by atoms with E-state index in [0.717, 1.165) is 24.5 Å². The summed E-state index contributed by atoms with van der Waals surface area (Å²) in [4.78, 5) is 11.6. The summed E-state index contributed by atoms with van der Waals surface area (Å²) in [5.41, 5.74) is 0.742. The van der Waals surface area contributed by atoms with Crippen LogP contribution in [-0.4, -0.2) is 19.0 Å². The molecule has 0 aromatic heterocycles. The molecular formula is C14H18O2. The maximum absolute atomic E-state index is 11.6. The minimum Gasteiger partial charge on any atom is -0.373 e. The highest BCUT2D eigenvalue weighted by molar-refractivity contribution is 5.96. The molecule has 1 aromatic rings. The molecule has 86 valence electrons. The lowest BCUT2D eigenvalue weighted by Crippen LogP contribution is -2.15. The largest absolute Gasteiger partial charge is 0.373 e. The third-order valence-corrected chi connectivity index (χ3v) is 3.22. The number of carbonyl (C=O) groups excluding carboxylic acids is 1. The van der Waals surface area contributed by atoms with Crippen molar-refractivity contribution in [3.8, 4) is 0 Å². The van der Waals surface area contributed by atoms with Crippen LogP contribution in [0, 0.1) is 5.92 Å². The fraction of sp³-hybridized carbons (Fsp3) is 0.500. The first-order valence-corrected chi connectivity index (χ1v) is 6.02. The van der Waals surface area contributed by atoms with Crippen molar-refractivity contribution < 1.29 is 9.53 Å². The standard InChI is InChI=1S/C14H18O2/c15-14(13-7-2-1-3-8-13)11-16-10-9-12-5-4-6-12/h1-3,7-8,12H,4-6,9-11H2. The summed E-state index contributed by atoms with van der Waals surface area (Å²) in [5, 5.41) is 0. The van der Waals surface area contributed by atoms with Crippen molar-refractivity contribution in [1.82, 2.24) is 0 Å². The van der Waals surface area contributed by atoms with Gasteiger partial charge >= 0.3 is 0 Å². The summed E-state index contributed by atoms with van der Waals surface area (Å²) in [6.07, 6.45) is 5.17. The SMILES string of the molecule is O=C(COCCC1CCC1)c1ccccc1. The summed E-state index contributed by atoms with van der Waals surface area (Å²) >= 11 is 0. The Bertz CT molecular complexity index is 328. The predicted molar refractivity (Wildman–Crippen MR) is 63.5 cm³/mol. The molecule has 0 unspecified atom stereocenters. The Morgan fingerprint density at radius 3 is 2.62 bits per heavy atom. The van der Waals surface area contributed by atoms with Gasteiger partial charge in [-0.1, -0.05) is 49.6 Å². The molecule has 0 bridgehead atoms.